The minimum Gasteiger partial charge on any atom is -0.477 e. The van der Waals surface area contributed by atoms with Crippen LogP contribution in [0.5, 0.6) is 0 Å². The minimum absolute atomic E-state index is 0.0811. The predicted molar refractivity (Wildman–Crippen MR) is 74.4 cm³/mol. The molecular weight excluding hydrogens is 256 g/mol. The average molecular weight is 268 g/mol. The first-order chi connectivity index (χ1) is 9.65. The second-order valence-corrected chi connectivity index (χ2v) is 4.42. The molecule has 3 aromatic rings. The maximum Gasteiger partial charge on any atom is 0.341 e. The van der Waals surface area contributed by atoms with Crippen molar-refractivity contribution in [3.8, 4) is 0 Å². The van der Waals surface area contributed by atoms with Crippen LogP contribution in [0.1, 0.15) is 15.9 Å². The predicted octanol–water partition coefficient (Wildman–Crippen LogP) is 2.48. The lowest BCUT2D eigenvalue weighted by atomic mass is 10.2. The van der Waals surface area contributed by atoms with E-state index in [1.165, 1.54) is 16.3 Å². The van der Waals surface area contributed by atoms with Gasteiger partial charge in [0.1, 0.15) is 11.4 Å². The van der Waals surface area contributed by atoms with E-state index in [4.69, 9.17) is 5.11 Å². The van der Waals surface area contributed by atoms with E-state index < -0.39 is 5.97 Å². The fourth-order valence-corrected chi connectivity index (χ4v) is 1.92. The van der Waals surface area contributed by atoms with E-state index in [1.807, 2.05) is 31.2 Å². The summed E-state index contributed by atoms with van der Waals surface area (Å²) in [4.78, 5) is 15.1. The molecule has 0 radical (unpaired) electrons. The highest BCUT2D eigenvalue weighted by molar-refractivity contribution is 5.94. The number of benzene rings is 1. The largest absolute Gasteiger partial charge is 0.477 e. The van der Waals surface area contributed by atoms with E-state index in [-0.39, 0.29) is 5.56 Å². The third kappa shape index (κ3) is 2.07. The normalized spacial score (nSPS) is 10.7. The summed E-state index contributed by atoms with van der Waals surface area (Å²) < 4.78 is 1.48. The number of hydrogen-bond acceptors (Lipinski definition) is 4. The van der Waals surface area contributed by atoms with Crippen molar-refractivity contribution < 1.29 is 9.90 Å². The Kier molecular flexibility index (Phi) is 2.83. The lowest BCUT2D eigenvalue weighted by molar-refractivity contribution is 0.0699. The SMILES string of the molecule is Cc1ccc(Nc2ccnc3c(C(=O)O)cnn23)cc1. The number of nitrogens with one attached hydrogen (secondary N) is 1. The molecule has 0 fully saturated rings. The molecule has 0 spiro atoms. The number of carboxylic acids is 1. The number of nitrogens with zero attached hydrogens (tertiary/aromatic N) is 3. The lowest BCUT2D eigenvalue weighted by Gasteiger charge is -2.08. The van der Waals surface area contributed by atoms with Crippen molar-refractivity contribution in [2.45, 2.75) is 6.92 Å². The van der Waals surface area contributed by atoms with Crippen molar-refractivity contribution in [2.24, 2.45) is 0 Å². The topological polar surface area (TPSA) is 79.5 Å². The zero-order chi connectivity index (χ0) is 14.1. The Morgan fingerprint density at radius 2 is 2.00 bits per heavy atom. The molecule has 0 atom stereocenters. The molecular formula is C14H12N4O2. The summed E-state index contributed by atoms with van der Waals surface area (Å²) in [5.74, 6) is -0.383. The summed E-state index contributed by atoms with van der Waals surface area (Å²) in [5, 5.41) is 16.3. The molecule has 3 rings (SSSR count). The zero-order valence-corrected chi connectivity index (χ0v) is 10.7. The summed E-state index contributed by atoms with van der Waals surface area (Å²) in [6, 6.07) is 9.62. The molecule has 20 heavy (non-hydrogen) atoms. The van der Waals surface area contributed by atoms with Gasteiger partial charge in [0.25, 0.3) is 0 Å². The van der Waals surface area contributed by atoms with Gasteiger partial charge >= 0.3 is 5.97 Å². The van der Waals surface area contributed by atoms with Crippen molar-refractivity contribution >= 4 is 23.1 Å². The smallest absolute Gasteiger partial charge is 0.341 e. The van der Waals surface area contributed by atoms with Gasteiger partial charge in [0.05, 0.1) is 6.20 Å². The number of aromatic carboxylic acids is 1. The van der Waals surface area contributed by atoms with Gasteiger partial charge in [-0.05, 0) is 25.1 Å². The Balaban J connectivity index is 2.04. The van der Waals surface area contributed by atoms with Crippen LogP contribution in [-0.4, -0.2) is 25.7 Å². The molecule has 6 nitrogen and oxygen atoms in total. The Morgan fingerprint density at radius 3 is 2.70 bits per heavy atom. The summed E-state index contributed by atoms with van der Waals surface area (Å²) in [5.41, 5.74) is 2.46. The molecule has 0 aliphatic heterocycles. The van der Waals surface area contributed by atoms with Crippen LogP contribution in [0.25, 0.3) is 5.65 Å². The third-order valence-corrected chi connectivity index (χ3v) is 2.96. The van der Waals surface area contributed by atoms with Gasteiger partial charge in [0.15, 0.2) is 5.65 Å². The lowest BCUT2D eigenvalue weighted by Crippen LogP contribution is -2.02. The van der Waals surface area contributed by atoms with Gasteiger partial charge in [-0.15, -0.1) is 0 Å². The van der Waals surface area contributed by atoms with Gasteiger partial charge in [0.2, 0.25) is 0 Å². The highest BCUT2D eigenvalue weighted by Gasteiger charge is 2.14. The van der Waals surface area contributed by atoms with E-state index in [2.05, 4.69) is 15.4 Å². The number of carbonyl (C=O) groups is 1. The van der Waals surface area contributed by atoms with Crippen LogP contribution >= 0.6 is 0 Å². The van der Waals surface area contributed by atoms with Crippen LogP contribution in [0.3, 0.4) is 0 Å². The van der Waals surface area contributed by atoms with Gasteiger partial charge in [-0.25, -0.2) is 9.78 Å². The summed E-state index contributed by atoms with van der Waals surface area (Å²) in [7, 11) is 0. The first kappa shape index (κ1) is 12.2. The first-order valence-corrected chi connectivity index (χ1v) is 6.05. The molecule has 0 aliphatic rings. The van der Waals surface area contributed by atoms with E-state index >= 15 is 0 Å². The Hall–Kier alpha value is -2.89. The number of anilines is 2. The average Bonchev–Trinajstić information content (AvgIpc) is 2.86. The number of aromatic nitrogens is 3. The highest BCUT2D eigenvalue weighted by atomic mass is 16.4. The Bertz CT molecular complexity index is 777. The molecule has 6 heteroatoms. The molecule has 2 aromatic heterocycles. The van der Waals surface area contributed by atoms with Gasteiger partial charge in [-0.3, -0.25) is 0 Å². The number of aryl methyl sites for hydroxylation is 1. The van der Waals surface area contributed by atoms with Gasteiger partial charge in [-0.2, -0.15) is 9.61 Å². The monoisotopic (exact) mass is 268 g/mol. The fraction of sp³-hybridized carbons (Fsp3) is 0.0714. The van der Waals surface area contributed by atoms with Gasteiger partial charge < -0.3 is 10.4 Å². The number of fused-ring (bicyclic) bond motifs is 1. The molecule has 1 aromatic carbocycles. The van der Waals surface area contributed by atoms with Crippen LogP contribution in [0.2, 0.25) is 0 Å². The second-order valence-electron chi connectivity index (χ2n) is 4.42. The van der Waals surface area contributed by atoms with Gasteiger partial charge in [-0.1, -0.05) is 17.7 Å². The van der Waals surface area contributed by atoms with E-state index in [1.54, 1.807) is 12.3 Å². The maximum atomic E-state index is 11.1. The molecule has 0 bridgehead atoms. The van der Waals surface area contributed by atoms with Gasteiger partial charge in [0, 0.05) is 11.9 Å². The van der Waals surface area contributed by atoms with Crippen molar-refractivity contribution in [1.82, 2.24) is 14.6 Å². The van der Waals surface area contributed by atoms with Crippen LogP contribution in [-0.2, 0) is 0 Å². The number of carboxylic acid groups (broad SMARTS) is 1. The number of hydrogen-bond donors (Lipinski definition) is 2. The molecule has 2 heterocycles. The fourth-order valence-electron chi connectivity index (χ4n) is 1.92. The van der Waals surface area contributed by atoms with Crippen LogP contribution < -0.4 is 5.32 Å². The highest BCUT2D eigenvalue weighted by Crippen LogP contribution is 2.18. The summed E-state index contributed by atoms with van der Waals surface area (Å²) in [6.45, 7) is 2.01. The molecule has 0 amide bonds. The van der Waals surface area contributed by atoms with Crippen molar-refractivity contribution in [1.29, 1.82) is 0 Å². The van der Waals surface area contributed by atoms with Crippen molar-refractivity contribution in [3.05, 3.63) is 53.9 Å². The maximum absolute atomic E-state index is 11.1. The summed E-state index contributed by atoms with van der Waals surface area (Å²) in [6.07, 6.45) is 2.85. The summed E-state index contributed by atoms with van der Waals surface area (Å²) >= 11 is 0. The zero-order valence-electron chi connectivity index (χ0n) is 10.7. The molecule has 2 N–H and O–H groups in total. The molecule has 0 unspecified atom stereocenters. The Labute approximate surface area is 114 Å². The molecule has 0 aliphatic carbocycles. The van der Waals surface area contributed by atoms with E-state index in [9.17, 15) is 4.79 Å². The molecule has 0 saturated heterocycles. The van der Waals surface area contributed by atoms with E-state index in [0.717, 1.165) is 5.69 Å². The quantitative estimate of drug-likeness (QED) is 0.762. The molecule has 100 valence electrons. The van der Waals surface area contributed by atoms with Crippen LogP contribution in [0, 0.1) is 6.92 Å². The van der Waals surface area contributed by atoms with E-state index in [0.29, 0.717) is 11.5 Å². The van der Waals surface area contributed by atoms with Crippen molar-refractivity contribution in [2.75, 3.05) is 5.32 Å². The second kappa shape index (κ2) is 4.65. The van der Waals surface area contributed by atoms with Crippen LogP contribution in [0.4, 0.5) is 11.5 Å². The minimum atomic E-state index is -1.04. The number of rotatable bonds is 3. The first-order valence-electron chi connectivity index (χ1n) is 6.05. The van der Waals surface area contributed by atoms with Crippen LogP contribution in [0.15, 0.2) is 42.7 Å². The molecule has 0 saturated carbocycles. The third-order valence-electron chi connectivity index (χ3n) is 2.96. The Morgan fingerprint density at radius 1 is 1.25 bits per heavy atom. The van der Waals surface area contributed by atoms with Crippen molar-refractivity contribution in [3.63, 3.8) is 0 Å². The standard InChI is InChI=1S/C14H12N4O2/c1-9-2-4-10(5-3-9)17-12-6-7-15-13-11(14(19)20)8-16-18(12)13/h2-8,17H,1H3,(H,19,20).